The maximum absolute atomic E-state index is 13.4. The Balaban J connectivity index is 0.000000196. The largest absolute Gasteiger partial charge is 0.508 e. The molecule has 3 aromatic heterocycles. The fourth-order valence-electron chi connectivity index (χ4n) is 5.98. The molecule has 0 aliphatic carbocycles. The van der Waals surface area contributed by atoms with E-state index in [1.807, 2.05) is 0 Å². The summed E-state index contributed by atoms with van der Waals surface area (Å²) in [4.78, 5) is 50.7. The van der Waals surface area contributed by atoms with Gasteiger partial charge in [-0.3, -0.25) is 19.4 Å². The average Bonchev–Trinajstić information content (AvgIpc) is 3.53. The number of halogens is 7. The van der Waals surface area contributed by atoms with Gasteiger partial charge in [0.15, 0.2) is 5.69 Å². The van der Waals surface area contributed by atoms with Crippen molar-refractivity contribution in [2.45, 2.75) is 32.0 Å². The highest BCUT2D eigenvalue weighted by molar-refractivity contribution is 6.50. The minimum atomic E-state index is -4.77. The number of phenolic OH excluding ortho intramolecular Hbond substituents is 1. The normalized spacial score (nSPS) is 12.8. The number of Topliss-reactive ketones (excluding diaryl/α,β-unsaturated/α-hetero) is 1. The Morgan fingerprint density at radius 2 is 1.56 bits per heavy atom. The number of ketones is 1. The number of aromatic nitrogens is 4. The van der Waals surface area contributed by atoms with E-state index in [4.69, 9.17) is 34.8 Å². The number of carbonyl (C=O) groups excluding carboxylic acids is 3. The van der Waals surface area contributed by atoms with Gasteiger partial charge in [-0.25, -0.2) is 14.4 Å². The summed E-state index contributed by atoms with van der Waals surface area (Å²) < 4.78 is 55.3. The minimum Gasteiger partial charge on any atom is -0.508 e. The lowest BCUT2D eigenvalue weighted by molar-refractivity contribution is -0.141. The Kier molecular flexibility index (Phi) is 12.6. The van der Waals surface area contributed by atoms with E-state index in [0.29, 0.717) is 41.2 Å². The lowest BCUT2D eigenvalue weighted by Crippen LogP contribution is -2.37. The van der Waals surface area contributed by atoms with E-state index >= 15 is 0 Å². The van der Waals surface area contributed by atoms with Crippen molar-refractivity contribution >= 4 is 80.6 Å². The van der Waals surface area contributed by atoms with E-state index in [0.717, 1.165) is 31.0 Å². The molecule has 1 saturated heterocycles. The molecule has 0 radical (unpaired) electrons. The van der Waals surface area contributed by atoms with Crippen molar-refractivity contribution in [1.29, 1.82) is 0 Å². The molecule has 57 heavy (non-hydrogen) atoms. The van der Waals surface area contributed by atoms with Crippen LogP contribution >= 0.6 is 34.8 Å². The molecule has 3 aromatic carbocycles. The number of anilines is 3. The van der Waals surface area contributed by atoms with Gasteiger partial charge in [0, 0.05) is 66.0 Å². The first-order valence-corrected chi connectivity index (χ1v) is 18.3. The van der Waals surface area contributed by atoms with Gasteiger partial charge >= 0.3 is 6.18 Å². The molecule has 4 heterocycles. The molecule has 6 aromatic rings. The van der Waals surface area contributed by atoms with Crippen molar-refractivity contribution in [2.24, 2.45) is 0 Å². The Morgan fingerprint density at radius 3 is 2.23 bits per heavy atom. The zero-order valence-corrected chi connectivity index (χ0v) is 31.7. The highest BCUT2D eigenvalue weighted by Crippen LogP contribution is 2.33. The molecule has 0 saturated carbocycles. The SMILES string of the molecule is O=C(Nc1c(Cl)cncc1Cl)C(=O)c1cn(Cc2ccc(F)cc2)c2ccc(O)cc12.O=C(c1cnc(Nc2cccc(Cl)c2)nc1C(F)(F)F)N1CCCCC1. The summed E-state index contributed by atoms with van der Waals surface area (Å²) in [6, 6.07) is 16.9. The van der Waals surface area contributed by atoms with E-state index in [2.05, 4.69) is 25.6 Å². The smallest absolute Gasteiger partial charge is 0.434 e. The van der Waals surface area contributed by atoms with E-state index in [-0.39, 0.29) is 38.8 Å². The number of nitrogens with zero attached hydrogens (tertiary/aromatic N) is 5. The highest BCUT2D eigenvalue weighted by Gasteiger charge is 2.39. The van der Waals surface area contributed by atoms with Gasteiger partial charge in [-0.05, 0) is 73.4 Å². The molecule has 1 fully saturated rings. The number of alkyl halides is 3. The van der Waals surface area contributed by atoms with Crippen LogP contribution in [0.3, 0.4) is 0 Å². The van der Waals surface area contributed by atoms with Crippen molar-refractivity contribution in [2.75, 3.05) is 23.7 Å². The van der Waals surface area contributed by atoms with Crippen LogP contribution in [0.15, 0.2) is 91.5 Å². The third-order valence-corrected chi connectivity index (χ3v) is 9.49. The standard InChI is InChI=1S/C22H14Cl2FN3O3.C17H16ClF3N4O/c23-17-8-26-9-18(24)20(17)27-22(31)21(30)16-11-28(10-12-1-3-13(25)4-2-12)19-6-5-14(29)7-15(16)19;18-11-5-4-6-12(9-11)23-16-22-10-13(14(24-16)17(19,20)21)15(26)25-7-2-1-3-8-25/h1-9,11,29H,10H2,(H,26,27,31);4-6,9-10H,1-3,7-8H2,(H,22,23,24). The number of hydrogen-bond donors (Lipinski definition) is 3. The molecule has 3 N–H and O–H groups in total. The molecule has 7 rings (SSSR count). The maximum atomic E-state index is 13.4. The number of rotatable bonds is 8. The number of benzene rings is 3. The van der Waals surface area contributed by atoms with Crippen molar-refractivity contribution in [1.82, 2.24) is 24.4 Å². The quantitative estimate of drug-likeness (QED) is 0.0782. The Labute approximate surface area is 337 Å². The number of fused-ring (bicyclic) bond motifs is 1. The molecule has 0 bridgehead atoms. The number of carbonyl (C=O) groups is 3. The summed E-state index contributed by atoms with van der Waals surface area (Å²) in [5.41, 5.74) is 0.259. The summed E-state index contributed by atoms with van der Waals surface area (Å²) in [6.07, 6.45) is 2.79. The van der Waals surface area contributed by atoms with E-state index in [1.165, 1.54) is 53.8 Å². The Bertz CT molecular complexity index is 2440. The number of nitrogens with one attached hydrogen (secondary N) is 2. The molecule has 18 heteroatoms. The molecule has 294 valence electrons. The summed E-state index contributed by atoms with van der Waals surface area (Å²) in [6.45, 7) is 1.22. The summed E-state index contributed by atoms with van der Waals surface area (Å²) in [5.74, 6) is -3.13. The van der Waals surface area contributed by atoms with Gasteiger partial charge in [-0.15, -0.1) is 0 Å². The number of likely N-dealkylation sites (tertiary alicyclic amines) is 1. The Hall–Kier alpha value is -5.77. The average molecular weight is 843 g/mol. The molecule has 11 nitrogen and oxygen atoms in total. The molecule has 1 aliphatic heterocycles. The first-order chi connectivity index (χ1) is 27.2. The van der Waals surface area contributed by atoms with Crippen LogP contribution in [0, 0.1) is 5.82 Å². The minimum absolute atomic E-state index is 0.0540. The maximum Gasteiger partial charge on any atom is 0.434 e. The second kappa shape index (κ2) is 17.6. The summed E-state index contributed by atoms with van der Waals surface area (Å²) in [7, 11) is 0. The second-order valence-electron chi connectivity index (χ2n) is 12.7. The van der Waals surface area contributed by atoms with Crippen molar-refractivity contribution in [3.63, 3.8) is 0 Å². The van der Waals surface area contributed by atoms with Gasteiger partial charge in [-0.2, -0.15) is 13.2 Å². The van der Waals surface area contributed by atoms with Crippen LogP contribution in [0.1, 0.15) is 51.2 Å². The van der Waals surface area contributed by atoms with E-state index < -0.39 is 35.0 Å². The van der Waals surface area contributed by atoms with Crippen LogP contribution in [-0.4, -0.2) is 60.2 Å². The van der Waals surface area contributed by atoms with E-state index in [9.17, 15) is 37.1 Å². The van der Waals surface area contributed by atoms with Crippen LogP contribution in [0.4, 0.5) is 34.9 Å². The number of amides is 2. The molecule has 0 atom stereocenters. The van der Waals surface area contributed by atoms with E-state index in [1.54, 1.807) is 41.0 Å². The fourth-order valence-corrected chi connectivity index (χ4v) is 6.63. The molecule has 0 spiro atoms. The number of phenols is 1. The highest BCUT2D eigenvalue weighted by atomic mass is 35.5. The van der Waals surface area contributed by atoms with Crippen molar-refractivity contribution < 1.29 is 37.1 Å². The van der Waals surface area contributed by atoms with Crippen molar-refractivity contribution in [3.05, 3.63) is 135 Å². The van der Waals surface area contributed by atoms with Gasteiger partial charge in [0.25, 0.3) is 17.6 Å². The van der Waals surface area contributed by atoms with Gasteiger partial charge in [-0.1, -0.05) is 53.0 Å². The van der Waals surface area contributed by atoms with Gasteiger partial charge in [0.1, 0.15) is 11.6 Å². The number of hydrogen-bond acceptors (Lipinski definition) is 8. The summed E-state index contributed by atoms with van der Waals surface area (Å²) in [5, 5.41) is 16.0. The molecular weight excluding hydrogens is 813 g/mol. The van der Waals surface area contributed by atoms with Crippen LogP contribution < -0.4 is 10.6 Å². The lowest BCUT2D eigenvalue weighted by Gasteiger charge is -2.27. The van der Waals surface area contributed by atoms with Crippen LogP contribution in [0.5, 0.6) is 5.75 Å². The first-order valence-electron chi connectivity index (χ1n) is 17.1. The fraction of sp³-hybridized carbons (Fsp3) is 0.179. The van der Waals surface area contributed by atoms with Crippen molar-refractivity contribution in [3.8, 4) is 5.75 Å². The van der Waals surface area contributed by atoms with Crippen LogP contribution in [-0.2, 0) is 17.5 Å². The Morgan fingerprint density at radius 1 is 0.860 bits per heavy atom. The monoisotopic (exact) mass is 841 g/mol. The molecule has 0 unspecified atom stereocenters. The topological polar surface area (TPSA) is 142 Å². The zero-order valence-electron chi connectivity index (χ0n) is 29.5. The first kappa shape index (κ1) is 40.9. The third-order valence-electron chi connectivity index (χ3n) is 8.69. The molecule has 2 amide bonds. The third kappa shape index (κ3) is 9.97. The molecule has 1 aliphatic rings. The van der Waals surface area contributed by atoms with Crippen LogP contribution in [0.25, 0.3) is 10.9 Å². The van der Waals surface area contributed by atoms with Gasteiger partial charge < -0.3 is 25.2 Å². The van der Waals surface area contributed by atoms with Gasteiger partial charge in [0.05, 0.1) is 26.9 Å². The zero-order chi connectivity index (χ0) is 40.9. The predicted molar refractivity (Wildman–Crippen MR) is 208 cm³/mol. The second-order valence-corrected chi connectivity index (χ2v) is 14.0. The van der Waals surface area contributed by atoms with Crippen LogP contribution in [0.2, 0.25) is 15.1 Å². The number of pyridine rings is 1. The lowest BCUT2D eigenvalue weighted by atomic mass is 10.1. The number of aromatic hydroxyl groups is 1. The number of piperidine rings is 1. The summed E-state index contributed by atoms with van der Waals surface area (Å²) >= 11 is 17.9. The molecular formula is C39H30Cl3F4N7O4. The van der Waals surface area contributed by atoms with Gasteiger partial charge in [0.2, 0.25) is 5.95 Å². The predicted octanol–water partition coefficient (Wildman–Crippen LogP) is 9.58.